The average Bonchev–Trinajstić information content (AvgIpc) is 3.27. The number of pyridine rings is 1. The Hall–Kier alpha value is -2.31. The summed E-state index contributed by atoms with van der Waals surface area (Å²) in [5.41, 5.74) is -0.813. The van der Waals surface area contributed by atoms with Crippen molar-refractivity contribution in [2.75, 3.05) is 0 Å². The molecule has 2 aromatic rings. The zero-order chi connectivity index (χ0) is 16.2. The van der Waals surface area contributed by atoms with Gasteiger partial charge in [-0.15, -0.1) is 0 Å². The Morgan fingerprint density at radius 1 is 1.32 bits per heavy atom. The van der Waals surface area contributed by atoms with Crippen LogP contribution in [0, 0.1) is 24.4 Å². The number of halogens is 3. The van der Waals surface area contributed by atoms with E-state index in [-0.39, 0.29) is 28.2 Å². The Morgan fingerprint density at radius 3 is 2.50 bits per heavy atom. The number of carboxylic acid groups (broad SMARTS) is 1. The van der Waals surface area contributed by atoms with E-state index in [4.69, 9.17) is 5.11 Å². The van der Waals surface area contributed by atoms with Gasteiger partial charge in [-0.3, -0.25) is 9.59 Å². The van der Waals surface area contributed by atoms with Gasteiger partial charge in [0, 0.05) is 17.3 Å². The van der Waals surface area contributed by atoms with Crippen LogP contribution in [0.3, 0.4) is 0 Å². The van der Waals surface area contributed by atoms with Crippen molar-refractivity contribution in [3.63, 3.8) is 0 Å². The fraction of sp³-hybridized carbons (Fsp3) is 0.333. The van der Waals surface area contributed by atoms with E-state index in [9.17, 15) is 22.8 Å². The second-order valence-electron chi connectivity index (χ2n) is 5.45. The van der Waals surface area contributed by atoms with Crippen LogP contribution in [0.15, 0.2) is 10.9 Å². The number of carbonyl (C=O) groups is 1. The van der Waals surface area contributed by atoms with Crippen molar-refractivity contribution in [1.82, 2.24) is 4.57 Å². The molecule has 116 valence electrons. The van der Waals surface area contributed by atoms with Gasteiger partial charge in [0.25, 0.3) is 0 Å². The molecule has 1 aliphatic carbocycles. The van der Waals surface area contributed by atoms with E-state index in [1.54, 1.807) is 0 Å². The highest BCUT2D eigenvalue weighted by atomic mass is 19.2. The van der Waals surface area contributed by atoms with Crippen LogP contribution >= 0.6 is 0 Å². The van der Waals surface area contributed by atoms with Gasteiger partial charge < -0.3 is 9.67 Å². The van der Waals surface area contributed by atoms with Crippen LogP contribution < -0.4 is 5.43 Å². The number of aromatic nitrogens is 1. The molecule has 22 heavy (non-hydrogen) atoms. The quantitative estimate of drug-likeness (QED) is 0.887. The highest BCUT2D eigenvalue weighted by Gasteiger charge is 2.31. The van der Waals surface area contributed by atoms with E-state index >= 15 is 0 Å². The molecule has 0 amide bonds. The van der Waals surface area contributed by atoms with E-state index in [1.807, 2.05) is 0 Å². The molecular weight excluding hydrogens is 299 g/mol. The van der Waals surface area contributed by atoms with Gasteiger partial charge in [0.2, 0.25) is 0 Å². The normalized spacial score (nSPS) is 14.5. The third-order valence-electron chi connectivity index (χ3n) is 3.93. The topological polar surface area (TPSA) is 59.3 Å². The Kier molecular flexibility index (Phi) is 3.23. The molecule has 4 nitrogen and oxygen atoms in total. The van der Waals surface area contributed by atoms with Crippen molar-refractivity contribution >= 4 is 16.9 Å². The maximum Gasteiger partial charge on any atom is 0.308 e. The first-order chi connectivity index (χ1) is 10.3. The lowest BCUT2D eigenvalue weighted by atomic mass is 10.0. The smallest absolute Gasteiger partial charge is 0.308 e. The molecule has 3 rings (SSSR count). The first-order valence-electron chi connectivity index (χ1n) is 6.76. The maximum absolute atomic E-state index is 14.2. The summed E-state index contributed by atoms with van der Waals surface area (Å²) >= 11 is 0. The summed E-state index contributed by atoms with van der Waals surface area (Å²) in [7, 11) is 0. The number of carboxylic acids is 1. The summed E-state index contributed by atoms with van der Waals surface area (Å²) in [5, 5.41) is 8.60. The van der Waals surface area contributed by atoms with Gasteiger partial charge in [0.1, 0.15) is 0 Å². The van der Waals surface area contributed by atoms with E-state index in [0.29, 0.717) is 18.9 Å². The molecule has 0 aliphatic heterocycles. The summed E-state index contributed by atoms with van der Waals surface area (Å²) in [6.45, 7) is 1.50. The Balaban J connectivity index is 2.49. The number of fused-ring (bicyclic) bond motifs is 1. The van der Waals surface area contributed by atoms with Crippen molar-refractivity contribution in [2.45, 2.75) is 32.2 Å². The minimum Gasteiger partial charge on any atom is -0.481 e. The number of hydrogen-bond donors (Lipinski definition) is 1. The molecule has 1 aromatic carbocycles. The molecule has 1 aromatic heterocycles. The van der Waals surface area contributed by atoms with Gasteiger partial charge in [-0.25, -0.2) is 13.2 Å². The predicted molar refractivity (Wildman–Crippen MR) is 72.4 cm³/mol. The average molecular weight is 311 g/mol. The Morgan fingerprint density at radius 2 is 1.95 bits per heavy atom. The van der Waals surface area contributed by atoms with Crippen LogP contribution in [0.5, 0.6) is 0 Å². The maximum atomic E-state index is 14.2. The number of aliphatic carboxylic acids is 1. The highest BCUT2D eigenvalue weighted by molar-refractivity contribution is 5.83. The van der Waals surface area contributed by atoms with Crippen LogP contribution in [0.2, 0.25) is 0 Å². The first kappa shape index (κ1) is 14.6. The van der Waals surface area contributed by atoms with Gasteiger partial charge in [0.15, 0.2) is 22.9 Å². The molecule has 0 spiro atoms. The summed E-state index contributed by atoms with van der Waals surface area (Å²) < 4.78 is 42.6. The van der Waals surface area contributed by atoms with Crippen molar-refractivity contribution < 1.29 is 23.1 Å². The van der Waals surface area contributed by atoms with Crippen LogP contribution in [0.4, 0.5) is 13.2 Å². The number of nitrogens with zero attached hydrogens (tertiary/aromatic N) is 1. The van der Waals surface area contributed by atoms with Gasteiger partial charge in [-0.05, 0) is 25.8 Å². The molecular formula is C15H12F3NO3. The molecule has 0 bridgehead atoms. The third-order valence-corrected chi connectivity index (χ3v) is 3.93. The largest absolute Gasteiger partial charge is 0.481 e. The van der Waals surface area contributed by atoms with Gasteiger partial charge >= 0.3 is 5.97 Å². The minimum atomic E-state index is -1.63. The van der Waals surface area contributed by atoms with Crippen molar-refractivity contribution in [1.29, 1.82) is 0 Å². The molecule has 1 fully saturated rings. The monoisotopic (exact) mass is 311 g/mol. The Bertz CT molecular complexity index is 869. The lowest BCUT2D eigenvalue weighted by Gasteiger charge is -2.18. The summed E-state index contributed by atoms with van der Waals surface area (Å²) in [6.07, 6.45) is 0.876. The SMILES string of the molecule is Cc1c(CC(=O)O)c(=O)c2cc(F)c(F)c(F)c2n1C1CC1. The van der Waals surface area contributed by atoms with Gasteiger partial charge in [-0.2, -0.15) is 0 Å². The van der Waals surface area contributed by atoms with Crippen molar-refractivity contribution in [2.24, 2.45) is 0 Å². The second-order valence-corrected chi connectivity index (χ2v) is 5.45. The number of rotatable bonds is 3. The third kappa shape index (κ3) is 2.08. The fourth-order valence-corrected chi connectivity index (χ4v) is 2.78. The zero-order valence-corrected chi connectivity index (χ0v) is 11.6. The van der Waals surface area contributed by atoms with Gasteiger partial charge in [-0.1, -0.05) is 0 Å². The molecule has 7 heteroatoms. The van der Waals surface area contributed by atoms with Crippen LogP contribution in [-0.4, -0.2) is 15.6 Å². The minimum absolute atomic E-state index is 0.0303. The Labute approximate surface area is 122 Å². The molecule has 1 heterocycles. The van der Waals surface area contributed by atoms with Crippen LogP contribution in [-0.2, 0) is 11.2 Å². The number of hydrogen-bond acceptors (Lipinski definition) is 2. The molecule has 0 unspecified atom stereocenters. The van der Waals surface area contributed by atoms with E-state index in [2.05, 4.69) is 0 Å². The predicted octanol–water partition coefficient (Wildman–Crippen LogP) is 2.69. The number of benzene rings is 1. The lowest BCUT2D eigenvalue weighted by Crippen LogP contribution is -2.22. The molecule has 1 N–H and O–H groups in total. The molecule has 0 radical (unpaired) electrons. The summed E-state index contributed by atoms with van der Waals surface area (Å²) in [4.78, 5) is 23.3. The lowest BCUT2D eigenvalue weighted by molar-refractivity contribution is -0.136. The standard InChI is InChI=1S/C15H12F3NO3/c1-6-8(5-11(20)21)15(22)9-4-10(16)12(17)13(18)14(9)19(6)7-2-3-7/h4,7H,2-3,5H2,1H3,(H,20,21). The molecule has 1 saturated carbocycles. The summed E-state index contributed by atoms with van der Waals surface area (Å²) in [6, 6.07) is 0.509. The van der Waals surface area contributed by atoms with E-state index < -0.39 is 35.3 Å². The van der Waals surface area contributed by atoms with E-state index in [0.717, 1.165) is 0 Å². The molecule has 0 saturated heterocycles. The molecule has 0 atom stereocenters. The molecule has 1 aliphatic rings. The van der Waals surface area contributed by atoms with Gasteiger partial charge in [0.05, 0.1) is 17.3 Å². The zero-order valence-electron chi connectivity index (χ0n) is 11.6. The summed E-state index contributed by atoms with van der Waals surface area (Å²) in [5.74, 6) is -5.73. The highest BCUT2D eigenvalue weighted by Crippen LogP contribution is 2.39. The van der Waals surface area contributed by atoms with E-state index in [1.165, 1.54) is 11.5 Å². The van der Waals surface area contributed by atoms with Crippen molar-refractivity contribution in [3.05, 3.63) is 45.0 Å². The van der Waals surface area contributed by atoms with Crippen molar-refractivity contribution in [3.8, 4) is 0 Å². The first-order valence-corrected chi connectivity index (χ1v) is 6.76. The van der Waals surface area contributed by atoms with Crippen LogP contribution in [0.25, 0.3) is 10.9 Å². The second kappa shape index (κ2) is 4.86. The van der Waals surface area contributed by atoms with Crippen LogP contribution in [0.1, 0.15) is 30.1 Å². The fourth-order valence-electron chi connectivity index (χ4n) is 2.78.